The molecule has 0 unspecified atom stereocenters. The molecule has 0 atom stereocenters. The van der Waals surface area contributed by atoms with Crippen molar-refractivity contribution < 1.29 is 18.3 Å². The predicted octanol–water partition coefficient (Wildman–Crippen LogP) is 3.50. The zero-order valence-electron chi connectivity index (χ0n) is 12.0. The van der Waals surface area contributed by atoms with Crippen LogP contribution in [0.4, 0.5) is 5.69 Å². The van der Waals surface area contributed by atoms with Crippen LogP contribution in [0.2, 0.25) is 10.0 Å². The van der Waals surface area contributed by atoms with Crippen molar-refractivity contribution in [3.63, 3.8) is 0 Å². The second kappa shape index (κ2) is 6.78. The Kier molecular flexibility index (Phi) is 5.19. The summed E-state index contributed by atoms with van der Waals surface area (Å²) in [5.41, 5.74) is 0.822. The minimum Gasteiger partial charge on any atom is -0.507 e. The van der Waals surface area contributed by atoms with Gasteiger partial charge in [0, 0.05) is 11.3 Å². The lowest BCUT2D eigenvalue weighted by Crippen LogP contribution is -2.12. The summed E-state index contributed by atoms with van der Waals surface area (Å²) in [6.45, 7) is 0. The number of hydrogen-bond donors (Lipinski definition) is 2. The Morgan fingerprint density at radius 3 is 2.48 bits per heavy atom. The monoisotopic (exact) mass is 373 g/mol. The van der Waals surface area contributed by atoms with Crippen molar-refractivity contribution in [3.05, 3.63) is 57.6 Å². The van der Waals surface area contributed by atoms with Crippen LogP contribution in [0, 0.1) is 0 Å². The molecule has 0 spiro atoms. The van der Waals surface area contributed by atoms with E-state index >= 15 is 0 Å². The van der Waals surface area contributed by atoms with Crippen LogP contribution in [0.15, 0.2) is 36.4 Å². The molecule has 0 fully saturated rings. The van der Waals surface area contributed by atoms with Crippen molar-refractivity contribution in [3.8, 4) is 5.75 Å². The third-order valence-electron chi connectivity index (χ3n) is 2.91. The van der Waals surface area contributed by atoms with Crippen molar-refractivity contribution in [2.75, 3.05) is 11.6 Å². The zero-order chi connectivity index (χ0) is 17.2. The number of aromatic hydroxyl groups is 1. The average Bonchev–Trinajstić information content (AvgIpc) is 2.42. The molecule has 1 amide bonds. The van der Waals surface area contributed by atoms with Crippen molar-refractivity contribution in [1.29, 1.82) is 0 Å². The Labute approximate surface area is 143 Å². The summed E-state index contributed by atoms with van der Waals surface area (Å²) in [5.74, 6) is -0.935. The molecule has 0 bridgehead atoms. The first-order valence-electron chi connectivity index (χ1n) is 6.42. The molecular formula is C15H13Cl2NO4S. The Morgan fingerprint density at radius 1 is 1.17 bits per heavy atom. The fraction of sp³-hybridized carbons (Fsp3) is 0.133. The highest BCUT2D eigenvalue weighted by atomic mass is 35.5. The number of amides is 1. The van der Waals surface area contributed by atoms with Crippen LogP contribution in [0.3, 0.4) is 0 Å². The second-order valence-electron chi connectivity index (χ2n) is 5.00. The SMILES string of the molecule is CS(=O)(=O)Cc1ccc(NC(=O)c2cc(Cl)ccc2O)c(Cl)c1. The van der Waals surface area contributed by atoms with Gasteiger partial charge in [-0.1, -0.05) is 29.3 Å². The summed E-state index contributed by atoms with van der Waals surface area (Å²) in [5, 5.41) is 12.8. The van der Waals surface area contributed by atoms with Crippen LogP contribution in [-0.2, 0) is 15.6 Å². The van der Waals surface area contributed by atoms with E-state index in [1.807, 2.05) is 0 Å². The van der Waals surface area contributed by atoms with Gasteiger partial charge in [-0.2, -0.15) is 0 Å². The molecule has 2 N–H and O–H groups in total. The van der Waals surface area contributed by atoms with Gasteiger partial charge in [-0.05, 0) is 35.9 Å². The molecule has 0 heterocycles. The topological polar surface area (TPSA) is 83.5 Å². The van der Waals surface area contributed by atoms with Gasteiger partial charge in [0.2, 0.25) is 0 Å². The fourth-order valence-corrected chi connectivity index (χ4v) is 3.14. The zero-order valence-corrected chi connectivity index (χ0v) is 14.3. The molecule has 0 radical (unpaired) electrons. The summed E-state index contributed by atoms with van der Waals surface area (Å²) in [7, 11) is -3.18. The van der Waals surface area contributed by atoms with E-state index in [4.69, 9.17) is 23.2 Å². The van der Waals surface area contributed by atoms with E-state index in [0.717, 1.165) is 6.26 Å². The third kappa shape index (κ3) is 4.86. The second-order valence-corrected chi connectivity index (χ2v) is 7.98. The molecule has 0 aromatic heterocycles. The molecule has 0 saturated carbocycles. The maximum Gasteiger partial charge on any atom is 0.259 e. The minimum atomic E-state index is -3.18. The maximum atomic E-state index is 12.2. The molecule has 0 aliphatic carbocycles. The Morgan fingerprint density at radius 2 is 1.87 bits per heavy atom. The van der Waals surface area contributed by atoms with Gasteiger partial charge in [0.05, 0.1) is 22.0 Å². The number of benzene rings is 2. The van der Waals surface area contributed by atoms with E-state index in [-0.39, 0.29) is 22.1 Å². The quantitative estimate of drug-likeness (QED) is 0.858. The lowest BCUT2D eigenvalue weighted by Gasteiger charge is -2.10. The maximum absolute atomic E-state index is 12.2. The van der Waals surface area contributed by atoms with Crippen molar-refractivity contribution in [1.82, 2.24) is 0 Å². The minimum absolute atomic E-state index is 0.00813. The number of sulfone groups is 1. The first kappa shape index (κ1) is 17.6. The van der Waals surface area contributed by atoms with E-state index in [1.54, 1.807) is 6.07 Å². The van der Waals surface area contributed by atoms with E-state index in [0.29, 0.717) is 16.3 Å². The first-order chi connectivity index (χ1) is 10.7. The number of carbonyl (C=O) groups excluding carboxylic acids is 1. The molecule has 2 rings (SSSR count). The van der Waals surface area contributed by atoms with Gasteiger partial charge in [-0.3, -0.25) is 4.79 Å². The number of nitrogens with one attached hydrogen (secondary N) is 1. The number of halogens is 2. The predicted molar refractivity (Wildman–Crippen MR) is 91.1 cm³/mol. The van der Waals surface area contributed by atoms with Crippen LogP contribution in [0.5, 0.6) is 5.75 Å². The molecule has 0 aliphatic rings. The van der Waals surface area contributed by atoms with Gasteiger partial charge in [-0.25, -0.2) is 8.42 Å². The highest BCUT2D eigenvalue weighted by Gasteiger charge is 2.14. The van der Waals surface area contributed by atoms with Crippen LogP contribution in [0.1, 0.15) is 15.9 Å². The van der Waals surface area contributed by atoms with Gasteiger partial charge >= 0.3 is 0 Å². The number of phenols is 1. The van der Waals surface area contributed by atoms with E-state index < -0.39 is 15.7 Å². The van der Waals surface area contributed by atoms with E-state index in [9.17, 15) is 18.3 Å². The fourth-order valence-electron chi connectivity index (χ4n) is 1.93. The van der Waals surface area contributed by atoms with Crippen LogP contribution in [0.25, 0.3) is 0 Å². The number of hydrogen-bond acceptors (Lipinski definition) is 4. The molecule has 2 aromatic carbocycles. The normalized spacial score (nSPS) is 11.3. The van der Waals surface area contributed by atoms with Crippen molar-refractivity contribution in [2.45, 2.75) is 5.75 Å². The molecule has 2 aromatic rings. The molecule has 23 heavy (non-hydrogen) atoms. The Hall–Kier alpha value is -1.76. The van der Waals surface area contributed by atoms with Crippen molar-refractivity contribution >= 4 is 44.6 Å². The number of rotatable bonds is 4. The lowest BCUT2D eigenvalue weighted by atomic mass is 10.1. The van der Waals surface area contributed by atoms with Gasteiger partial charge in [0.25, 0.3) is 5.91 Å². The average molecular weight is 374 g/mol. The molecule has 122 valence electrons. The largest absolute Gasteiger partial charge is 0.507 e. The highest BCUT2D eigenvalue weighted by Crippen LogP contribution is 2.27. The van der Waals surface area contributed by atoms with Gasteiger partial charge in [-0.15, -0.1) is 0 Å². The summed E-state index contributed by atoms with van der Waals surface area (Å²) in [6.07, 6.45) is 1.12. The van der Waals surface area contributed by atoms with Crippen LogP contribution < -0.4 is 5.32 Å². The smallest absolute Gasteiger partial charge is 0.259 e. The molecule has 0 saturated heterocycles. The summed E-state index contributed by atoms with van der Waals surface area (Å²) in [4.78, 5) is 12.2. The van der Waals surface area contributed by atoms with Gasteiger partial charge < -0.3 is 10.4 Å². The Bertz CT molecular complexity index is 866. The van der Waals surface area contributed by atoms with Gasteiger partial charge in [0.15, 0.2) is 9.84 Å². The highest BCUT2D eigenvalue weighted by molar-refractivity contribution is 7.89. The number of carbonyl (C=O) groups is 1. The van der Waals surface area contributed by atoms with E-state index in [1.165, 1.54) is 30.3 Å². The standard InChI is InChI=1S/C15H13Cl2NO4S/c1-23(21,22)8-9-2-4-13(12(17)6-9)18-15(20)11-7-10(16)3-5-14(11)19/h2-7,19H,8H2,1H3,(H,18,20). The molecule has 5 nitrogen and oxygen atoms in total. The first-order valence-corrected chi connectivity index (χ1v) is 9.23. The van der Waals surface area contributed by atoms with Crippen LogP contribution >= 0.6 is 23.2 Å². The van der Waals surface area contributed by atoms with Crippen LogP contribution in [-0.4, -0.2) is 25.7 Å². The van der Waals surface area contributed by atoms with E-state index in [2.05, 4.69) is 5.32 Å². The van der Waals surface area contributed by atoms with Gasteiger partial charge in [0.1, 0.15) is 5.75 Å². The molecule has 8 heteroatoms. The summed E-state index contributed by atoms with van der Waals surface area (Å²) < 4.78 is 22.6. The third-order valence-corrected chi connectivity index (χ3v) is 4.32. The summed E-state index contributed by atoms with van der Waals surface area (Å²) >= 11 is 11.9. The number of anilines is 1. The Balaban J connectivity index is 2.23. The molecule has 0 aliphatic heterocycles. The summed E-state index contributed by atoms with van der Waals surface area (Å²) in [6, 6.07) is 8.63. The molecular weight excluding hydrogens is 361 g/mol. The lowest BCUT2D eigenvalue weighted by molar-refractivity contribution is 0.102. The number of phenolic OH excluding ortho intramolecular Hbond substituents is 1. The van der Waals surface area contributed by atoms with Crippen molar-refractivity contribution in [2.24, 2.45) is 0 Å².